The van der Waals surface area contributed by atoms with E-state index in [2.05, 4.69) is 6.92 Å². The Labute approximate surface area is 104 Å². The fraction of sp³-hybridized carbons (Fsp3) is 0.571. The molecule has 0 aromatic heterocycles. The van der Waals surface area contributed by atoms with Crippen LogP contribution in [0.5, 0.6) is 5.75 Å². The lowest BCUT2D eigenvalue weighted by Gasteiger charge is -2.19. The van der Waals surface area contributed by atoms with Crippen LogP contribution in [0.3, 0.4) is 0 Å². The van der Waals surface area contributed by atoms with Gasteiger partial charge in [0.2, 0.25) is 0 Å². The van der Waals surface area contributed by atoms with Crippen molar-refractivity contribution < 1.29 is 9.47 Å². The van der Waals surface area contributed by atoms with Crippen LogP contribution in [-0.4, -0.2) is 20.3 Å². The van der Waals surface area contributed by atoms with Crippen LogP contribution in [0.1, 0.15) is 31.9 Å². The largest absolute Gasteiger partial charge is 0.494 e. The summed E-state index contributed by atoms with van der Waals surface area (Å²) in [6.07, 6.45) is 0.901. The first-order valence-electron chi connectivity index (χ1n) is 6.15. The fourth-order valence-electron chi connectivity index (χ4n) is 1.99. The van der Waals surface area contributed by atoms with Crippen molar-refractivity contribution in [3.63, 3.8) is 0 Å². The monoisotopic (exact) mass is 237 g/mol. The summed E-state index contributed by atoms with van der Waals surface area (Å²) in [7, 11) is 1.72. The van der Waals surface area contributed by atoms with Gasteiger partial charge in [-0.05, 0) is 25.3 Å². The molecule has 0 saturated carbocycles. The van der Waals surface area contributed by atoms with Gasteiger partial charge >= 0.3 is 0 Å². The van der Waals surface area contributed by atoms with E-state index in [4.69, 9.17) is 15.2 Å². The Hall–Kier alpha value is -1.06. The second-order valence-corrected chi connectivity index (χ2v) is 4.37. The van der Waals surface area contributed by atoms with Crippen LogP contribution >= 0.6 is 0 Å². The Morgan fingerprint density at radius 2 is 2.00 bits per heavy atom. The fourth-order valence-corrected chi connectivity index (χ4v) is 1.99. The number of para-hydroxylation sites is 1. The summed E-state index contributed by atoms with van der Waals surface area (Å²) in [5.74, 6) is 1.34. The van der Waals surface area contributed by atoms with Crippen LogP contribution in [0.15, 0.2) is 24.3 Å². The lowest BCUT2D eigenvalue weighted by Crippen LogP contribution is -2.17. The van der Waals surface area contributed by atoms with E-state index in [1.54, 1.807) is 7.11 Å². The number of benzene rings is 1. The van der Waals surface area contributed by atoms with Gasteiger partial charge in [-0.1, -0.05) is 25.1 Å². The van der Waals surface area contributed by atoms with Crippen molar-refractivity contribution in [2.24, 2.45) is 11.7 Å². The van der Waals surface area contributed by atoms with Crippen molar-refractivity contribution in [1.29, 1.82) is 0 Å². The van der Waals surface area contributed by atoms with E-state index in [1.807, 2.05) is 31.2 Å². The average Bonchev–Trinajstić information content (AvgIpc) is 2.30. The van der Waals surface area contributed by atoms with E-state index in [1.165, 1.54) is 0 Å². The van der Waals surface area contributed by atoms with Crippen LogP contribution in [0.4, 0.5) is 0 Å². The van der Waals surface area contributed by atoms with E-state index in [0.717, 1.165) is 24.3 Å². The van der Waals surface area contributed by atoms with Gasteiger partial charge < -0.3 is 15.2 Å². The highest BCUT2D eigenvalue weighted by Crippen LogP contribution is 2.27. The van der Waals surface area contributed by atoms with Crippen LogP contribution in [0.2, 0.25) is 0 Å². The van der Waals surface area contributed by atoms with Gasteiger partial charge in [0.1, 0.15) is 5.75 Å². The van der Waals surface area contributed by atoms with Crippen LogP contribution < -0.4 is 10.5 Å². The zero-order chi connectivity index (χ0) is 12.7. The number of methoxy groups -OCH3 is 1. The molecule has 0 radical (unpaired) electrons. The van der Waals surface area contributed by atoms with Gasteiger partial charge in [-0.2, -0.15) is 0 Å². The van der Waals surface area contributed by atoms with Crippen LogP contribution in [0.25, 0.3) is 0 Å². The molecule has 0 spiro atoms. The maximum Gasteiger partial charge on any atom is 0.124 e. The van der Waals surface area contributed by atoms with E-state index in [0.29, 0.717) is 12.5 Å². The standard InChI is InChI=1S/C14H23NO2/c1-4-17-14-8-6-5-7-12(14)13(15)9-11(2)10-16-3/h5-8,11,13H,4,9-10,15H2,1-3H3. The highest BCUT2D eigenvalue weighted by atomic mass is 16.5. The Kier molecular flexibility index (Phi) is 6.01. The van der Waals surface area contributed by atoms with E-state index in [-0.39, 0.29) is 6.04 Å². The lowest BCUT2D eigenvalue weighted by atomic mass is 9.96. The third-order valence-corrected chi connectivity index (χ3v) is 2.73. The lowest BCUT2D eigenvalue weighted by molar-refractivity contribution is 0.152. The first-order chi connectivity index (χ1) is 8.19. The zero-order valence-electron chi connectivity index (χ0n) is 11.0. The number of rotatable bonds is 7. The minimum absolute atomic E-state index is 0.00269. The van der Waals surface area contributed by atoms with Gasteiger partial charge in [0, 0.05) is 25.3 Å². The SMILES string of the molecule is CCOc1ccccc1C(N)CC(C)COC. The molecule has 2 unspecified atom stereocenters. The van der Waals surface area contributed by atoms with Gasteiger partial charge in [0.15, 0.2) is 0 Å². The topological polar surface area (TPSA) is 44.5 Å². The van der Waals surface area contributed by atoms with Crippen molar-refractivity contribution in [3.8, 4) is 5.75 Å². The molecule has 3 nitrogen and oxygen atoms in total. The van der Waals surface area contributed by atoms with Crippen molar-refractivity contribution in [2.75, 3.05) is 20.3 Å². The first-order valence-corrected chi connectivity index (χ1v) is 6.15. The third kappa shape index (κ3) is 4.36. The molecule has 0 aliphatic heterocycles. The highest BCUT2D eigenvalue weighted by Gasteiger charge is 2.14. The maximum atomic E-state index is 6.22. The number of ether oxygens (including phenoxy) is 2. The molecule has 96 valence electrons. The summed E-state index contributed by atoms with van der Waals surface area (Å²) < 4.78 is 10.7. The molecular formula is C14H23NO2. The highest BCUT2D eigenvalue weighted by molar-refractivity contribution is 5.35. The minimum atomic E-state index is 0.00269. The minimum Gasteiger partial charge on any atom is -0.494 e. The molecule has 1 aromatic rings. The quantitative estimate of drug-likeness (QED) is 0.793. The molecule has 0 aliphatic rings. The molecule has 3 heteroatoms. The molecule has 2 atom stereocenters. The molecule has 17 heavy (non-hydrogen) atoms. The third-order valence-electron chi connectivity index (χ3n) is 2.73. The molecule has 2 N–H and O–H groups in total. The van der Waals surface area contributed by atoms with Gasteiger partial charge in [-0.15, -0.1) is 0 Å². The summed E-state index contributed by atoms with van der Waals surface area (Å²) in [6.45, 7) is 5.53. The molecular weight excluding hydrogens is 214 g/mol. The molecule has 0 bridgehead atoms. The Balaban J connectivity index is 2.70. The van der Waals surface area contributed by atoms with E-state index >= 15 is 0 Å². The van der Waals surface area contributed by atoms with Crippen molar-refractivity contribution in [3.05, 3.63) is 29.8 Å². The summed E-state index contributed by atoms with van der Waals surface area (Å²) in [4.78, 5) is 0. The van der Waals surface area contributed by atoms with Gasteiger partial charge in [-0.25, -0.2) is 0 Å². The molecule has 1 aromatic carbocycles. The summed E-state index contributed by atoms with van der Waals surface area (Å²) >= 11 is 0. The van der Waals surface area contributed by atoms with Crippen molar-refractivity contribution in [1.82, 2.24) is 0 Å². The smallest absolute Gasteiger partial charge is 0.124 e. The van der Waals surface area contributed by atoms with Gasteiger partial charge in [0.25, 0.3) is 0 Å². The normalized spacial score (nSPS) is 14.4. The molecule has 1 rings (SSSR count). The van der Waals surface area contributed by atoms with Crippen molar-refractivity contribution in [2.45, 2.75) is 26.3 Å². The second-order valence-electron chi connectivity index (χ2n) is 4.37. The first kappa shape index (κ1) is 14.0. The molecule has 0 amide bonds. The van der Waals surface area contributed by atoms with E-state index < -0.39 is 0 Å². The van der Waals surface area contributed by atoms with Crippen molar-refractivity contribution >= 4 is 0 Å². The molecule has 0 fully saturated rings. The molecule has 0 saturated heterocycles. The Bertz CT molecular complexity index is 328. The Morgan fingerprint density at radius 3 is 2.65 bits per heavy atom. The summed E-state index contributed by atoms with van der Waals surface area (Å²) in [5, 5.41) is 0. The molecule has 0 aliphatic carbocycles. The summed E-state index contributed by atoms with van der Waals surface area (Å²) in [5.41, 5.74) is 7.30. The molecule has 0 heterocycles. The zero-order valence-corrected chi connectivity index (χ0v) is 11.0. The maximum absolute atomic E-state index is 6.22. The number of hydrogen-bond acceptors (Lipinski definition) is 3. The van der Waals surface area contributed by atoms with Crippen LogP contribution in [0, 0.1) is 5.92 Å². The van der Waals surface area contributed by atoms with Gasteiger partial charge in [-0.3, -0.25) is 0 Å². The van der Waals surface area contributed by atoms with Crippen LogP contribution in [-0.2, 0) is 4.74 Å². The van der Waals surface area contributed by atoms with E-state index in [9.17, 15) is 0 Å². The number of hydrogen-bond donors (Lipinski definition) is 1. The summed E-state index contributed by atoms with van der Waals surface area (Å²) in [6, 6.07) is 7.98. The van der Waals surface area contributed by atoms with Gasteiger partial charge in [0.05, 0.1) is 6.61 Å². The predicted molar refractivity (Wildman–Crippen MR) is 70.2 cm³/mol. The average molecular weight is 237 g/mol. The predicted octanol–water partition coefficient (Wildman–Crippen LogP) is 2.76. The number of nitrogens with two attached hydrogens (primary N) is 1. The Morgan fingerprint density at radius 1 is 1.29 bits per heavy atom. The second kappa shape index (κ2) is 7.30.